The van der Waals surface area contributed by atoms with E-state index in [2.05, 4.69) is 9.88 Å². The molecule has 0 saturated carbocycles. The van der Waals surface area contributed by atoms with Gasteiger partial charge in [-0.3, -0.25) is 9.69 Å². The molecule has 5 rings (SSSR count). The minimum absolute atomic E-state index is 0.0378. The van der Waals surface area contributed by atoms with Crippen molar-refractivity contribution in [3.63, 3.8) is 0 Å². The highest BCUT2D eigenvalue weighted by Gasteiger charge is 2.27. The van der Waals surface area contributed by atoms with Crippen molar-refractivity contribution in [1.82, 2.24) is 14.8 Å². The number of amides is 1. The molecule has 4 heterocycles. The summed E-state index contributed by atoms with van der Waals surface area (Å²) in [5.41, 5.74) is 0.953. The summed E-state index contributed by atoms with van der Waals surface area (Å²) in [6, 6.07) is 11.6. The number of rotatable bonds is 4. The summed E-state index contributed by atoms with van der Waals surface area (Å²) in [7, 11) is 0. The monoisotopic (exact) mass is 397 g/mol. The second kappa shape index (κ2) is 7.66. The number of ether oxygens (including phenoxy) is 1. The van der Waals surface area contributed by atoms with Gasteiger partial charge in [-0.25, -0.2) is 4.98 Å². The highest BCUT2D eigenvalue weighted by molar-refractivity contribution is 7.21. The summed E-state index contributed by atoms with van der Waals surface area (Å²) >= 11 is 1.58. The van der Waals surface area contributed by atoms with E-state index in [-0.39, 0.29) is 5.91 Å². The van der Waals surface area contributed by atoms with Crippen LogP contribution in [0.2, 0.25) is 0 Å². The van der Waals surface area contributed by atoms with Gasteiger partial charge in [-0.2, -0.15) is 0 Å². The maximum Gasteiger partial charge on any atom is 0.289 e. The molecule has 2 fully saturated rings. The fraction of sp³-hybridized carbons (Fsp3) is 0.429. The Bertz CT molecular complexity index is 935. The van der Waals surface area contributed by atoms with Crippen LogP contribution in [0.4, 0.5) is 0 Å². The van der Waals surface area contributed by atoms with Crippen molar-refractivity contribution in [2.24, 2.45) is 0 Å². The van der Waals surface area contributed by atoms with Gasteiger partial charge >= 0.3 is 0 Å². The van der Waals surface area contributed by atoms with Crippen molar-refractivity contribution in [3.8, 4) is 10.8 Å². The van der Waals surface area contributed by atoms with E-state index in [1.54, 1.807) is 17.4 Å². The van der Waals surface area contributed by atoms with Gasteiger partial charge in [0.05, 0.1) is 16.3 Å². The summed E-state index contributed by atoms with van der Waals surface area (Å²) in [5.74, 6) is 1.01. The number of fused-ring (bicyclic) bond motifs is 1. The molecule has 0 aliphatic carbocycles. The largest absolute Gasteiger partial charge is 0.448 e. The van der Waals surface area contributed by atoms with Crippen molar-refractivity contribution >= 4 is 27.5 Å². The van der Waals surface area contributed by atoms with Crippen molar-refractivity contribution in [1.29, 1.82) is 0 Å². The minimum Gasteiger partial charge on any atom is -0.448 e. The third-order valence-corrected chi connectivity index (χ3v) is 6.52. The molecule has 0 bridgehead atoms. The molecule has 6 nitrogen and oxygen atoms in total. The molecule has 0 radical (unpaired) electrons. The first-order chi connectivity index (χ1) is 13.8. The maximum absolute atomic E-state index is 12.8. The van der Waals surface area contributed by atoms with Crippen LogP contribution in [-0.2, 0) is 4.74 Å². The number of benzene rings is 1. The number of piperazine rings is 1. The number of hydrogen-bond donors (Lipinski definition) is 0. The molecular weight excluding hydrogens is 374 g/mol. The average Bonchev–Trinajstić information content (AvgIpc) is 3.47. The van der Waals surface area contributed by atoms with Crippen LogP contribution < -0.4 is 0 Å². The lowest BCUT2D eigenvalue weighted by Crippen LogP contribution is -2.50. The van der Waals surface area contributed by atoms with E-state index in [0.717, 1.165) is 61.0 Å². The Labute approximate surface area is 167 Å². The third-order valence-electron chi connectivity index (χ3n) is 5.47. The Morgan fingerprint density at radius 2 is 2.00 bits per heavy atom. The molecule has 1 amide bonds. The summed E-state index contributed by atoms with van der Waals surface area (Å²) in [5, 5.41) is 0.807. The van der Waals surface area contributed by atoms with Crippen LogP contribution in [0.3, 0.4) is 0 Å². The summed E-state index contributed by atoms with van der Waals surface area (Å²) in [6.45, 7) is 5.09. The highest BCUT2D eigenvalue weighted by atomic mass is 32.1. The lowest BCUT2D eigenvalue weighted by Gasteiger charge is -2.35. The van der Waals surface area contributed by atoms with Gasteiger partial charge in [0, 0.05) is 39.3 Å². The van der Waals surface area contributed by atoms with Crippen LogP contribution in [0, 0.1) is 0 Å². The number of hydrogen-bond acceptors (Lipinski definition) is 6. The topological polar surface area (TPSA) is 58.8 Å². The molecule has 0 unspecified atom stereocenters. The van der Waals surface area contributed by atoms with Gasteiger partial charge in [-0.05, 0) is 37.1 Å². The molecule has 28 heavy (non-hydrogen) atoms. The van der Waals surface area contributed by atoms with Gasteiger partial charge < -0.3 is 14.1 Å². The standard InChI is InChI=1S/C21H23N3O3S/c25-21(24-11-9-23(10-12-24)14-15-4-3-13-26-15)18-8-7-17(27-18)20-22-16-5-1-2-6-19(16)28-20/h1-2,5-8,15H,3-4,9-14H2/t15-/m0/s1. The van der Waals surface area contributed by atoms with Gasteiger partial charge in [0.25, 0.3) is 5.91 Å². The van der Waals surface area contributed by atoms with E-state index in [9.17, 15) is 4.79 Å². The molecule has 7 heteroatoms. The zero-order chi connectivity index (χ0) is 18.9. The summed E-state index contributed by atoms with van der Waals surface area (Å²) in [6.07, 6.45) is 2.68. The van der Waals surface area contributed by atoms with Crippen molar-refractivity contribution in [2.75, 3.05) is 39.3 Å². The number of carbonyl (C=O) groups is 1. The van der Waals surface area contributed by atoms with Crippen LogP contribution in [0.25, 0.3) is 21.0 Å². The molecule has 2 aliphatic heterocycles. The normalized spacial score (nSPS) is 20.9. The number of thiazole rings is 1. The molecule has 146 valence electrons. The number of para-hydroxylation sites is 1. The van der Waals surface area contributed by atoms with E-state index >= 15 is 0 Å². The lowest BCUT2D eigenvalue weighted by atomic mass is 10.2. The van der Waals surface area contributed by atoms with Crippen LogP contribution in [-0.4, -0.2) is 66.1 Å². The van der Waals surface area contributed by atoms with Crippen LogP contribution in [0.5, 0.6) is 0 Å². The molecule has 1 atom stereocenters. The van der Waals surface area contributed by atoms with Crippen molar-refractivity contribution in [3.05, 3.63) is 42.2 Å². The molecule has 2 aliphatic rings. The highest BCUT2D eigenvalue weighted by Crippen LogP contribution is 2.31. The smallest absolute Gasteiger partial charge is 0.289 e. The van der Waals surface area contributed by atoms with E-state index in [1.807, 2.05) is 35.2 Å². The fourth-order valence-electron chi connectivity index (χ4n) is 3.91. The van der Waals surface area contributed by atoms with E-state index in [1.165, 1.54) is 6.42 Å². The van der Waals surface area contributed by atoms with Crippen LogP contribution in [0.1, 0.15) is 23.4 Å². The average molecular weight is 398 g/mol. The number of nitrogens with zero attached hydrogens (tertiary/aromatic N) is 3. The molecule has 3 aromatic rings. The van der Waals surface area contributed by atoms with Gasteiger partial charge in [-0.1, -0.05) is 12.1 Å². The molecule has 0 spiro atoms. The molecular formula is C21H23N3O3S. The van der Waals surface area contributed by atoms with Gasteiger partial charge in [-0.15, -0.1) is 11.3 Å². The first kappa shape index (κ1) is 17.8. The quantitative estimate of drug-likeness (QED) is 0.674. The number of aromatic nitrogens is 1. The Hall–Kier alpha value is -2.22. The number of carbonyl (C=O) groups excluding carboxylic acids is 1. The minimum atomic E-state index is -0.0378. The number of furan rings is 1. The second-order valence-corrected chi connectivity index (χ2v) is 8.41. The van der Waals surface area contributed by atoms with Crippen molar-refractivity contribution < 1.29 is 13.9 Å². The first-order valence-corrected chi connectivity index (χ1v) is 10.7. The molecule has 0 N–H and O–H groups in total. The predicted octanol–water partition coefficient (Wildman–Crippen LogP) is 3.49. The Balaban J connectivity index is 1.23. The lowest BCUT2D eigenvalue weighted by molar-refractivity contribution is 0.0417. The van der Waals surface area contributed by atoms with E-state index in [0.29, 0.717) is 17.6 Å². The second-order valence-electron chi connectivity index (χ2n) is 7.38. The third kappa shape index (κ3) is 3.57. The molecule has 2 aromatic heterocycles. The summed E-state index contributed by atoms with van der Waals surface area (Å²) in [4.78, 5) is 21.7. The zero-order valence-corrected chi connectivity index (χ0v) is 16.5. The van der Waals surface area contributed by atoms with Gasteiger partial charge in [0.2, 0.25) is 0 Å². The maximum atomic E-state index is 12.8. The zero-order valence-electron chi connectivity index (χ0n) is 15.7. The first-order valence-electron chi connectivity index (χ1n) is 9.85. The van der Waals surface area contributed by atoms with E-state index in [4.69, 9.17) is 9.15 Å². The van der Waals surface area contributed by atoms with E-state index < -0.39 is 0 Å². The Morgan fingerprint density at radius 1 is 1.14 bits per heavy atom. The van der Waals surface area contributed by atoms with Crippen LogP contribution in [0.15, 0.2) is 40.8 Å². The SMILES string of the molecule is O=C(c1ccc(-c2nc3ccccc3s2)o1)N1CCN(C[C@@H]2CCCO2)CC1. The van der Waals surface area contributed by atoms with Gasteiger partial charge in [0.1, 0.15) is 0 Å². The fourth-order valence-corrected chi connectivity index (χ4v) is 4.84. The Kier molecular flexibility index (Phi) is 4.88. The molecule has 1 aromatic carbocycles. The van der Waals surface area contributed by atoms with Crippen molar-refractivity contribution in [2.45, 2.75) is 18.9 Å². The molecule has 2 saturated heterocycles. The Morgan fingerprint density at radius 3 is 2.79 bits per heavy atom. The predicted molar refractivity (Wildman–Crippen MR) is 109 cm³/mol. The van der Waals surface area contributed by atoms with Gasteiger partial charge in [0.15, 0.2) is 16.5 Å². The van der Waals surface area contributed by atoms with Crippen LogP contribution >= 0.6 is 11.3 Å². The summed E-state index contributed by atoms with van der Waals surface area (Å²) < 4.78 is 12.7.